The normalized spacial score (nSPS) is 12.3. The minimum atomic E-state index is -4.83. The van der Waals surface area contributed by atoms with Crippen LogP contribution in [-0.4, -0.2) is 33.5 Å². The van der Waals surface area contributed by atoms with Crippen LogP contribution < -0.4 is 10.1 Å². The lowest BCUT2D eigenvalue weighted by Gasteiger charge is -2.18. The van der Waals surface area contributed by atoms with Gasteiger partial charge in [-0.25, -0.2) is 0 Å². The number of halogens is 3. The number of nitrogens with one attached hydrogen (secondary N) is 1. The summed E-state index contributed by atoms with van der Waals surface area (Å²) in [6.07, 6.45) is -2.79. The fourth-order valence-electron chi connectivity index (χ4n) is 2.00. The summed E-state index contributed by atoms with van der Waals surface area (Å²) < 4.78 is 40.2. The van der Waals surface area contributed by atoms with Crippen molar-refractivity contribution in [2.75, 3.05) is 0 Å². The lowest BCUT2D eigenvalue weighted by molar-refractivity contribution is -0.274. The quantitative estimate of drug-likeness (QED) is 0.825. The van der Waals surface area contributed by atoms with Gasteiger partial charge >= 0.3 is 12.3 Å². The summed E-state index contributed by atoms with van der Waals surface area (Å²) in [6.45, 7) is 0. The molecule has 0 bridgehead atoms. The first kappa shape index (κ1) is 18.2. The number of carboxylic acid groups (broad SMARTS) is 1. The summed E-state index contributed by atoms with van der Waals surface area (Å²) in [5.41, 5.74) is 0.481. The van der Waals surface area contributed by atoms with E-state index >= 15 is 0 Å². The Hall–Kier alpha value is -3.17. The van der Waals surface area contributed by atoms with E-state index in [0.29, 0.717) is 5.56 Å². The van der Waals surface area contributed by atoms with Gasteiger partial charge in [-0.15, -0.1) is 13.2 Å². The number of carbonyl (C=O) groups is 2. The minimum absolute atomic E-state index is 0.169. The van der Waals surface area contributed by atoms with Crippen molar-refractivity contribution in [3.8, 4) is 5.75 Å². The van der Waals surface area contributed by atoms with Crippen molar-refractivity contribution in [2.24, 2.45) is 0 Å². The number of hydrogen-bond donors (Lipinski definition) is 2. The number of benzene rings is 1. The third-order valence-electron chi connectivity index (χ3n) is 3.05. The lowest BCUT2D eigenvalue weighted by Crippen LogP contribution is -2.30. The summed E-state index contributed by atoms with van der Waals surface area (Å²) in [6, 6.07) is 5.02. The number of rotatable bonds is 6. The van der Waals surface area contributed by atoms with Crippen molar-refractivity contribution in [1.82, 2.24) is 15.5 Å². The van der Waals surface area contributed by atoms with Crippen LogP contribution in [0.1, 0.15) is 28.4 Å². The maximum absolute atomic E-state index is 12.2. The average Bonchev–Trinajstić information content (AvgIpc) is 2.54. The number of alkyl halides is 3. The van der Waals surface area contributed by atoms with E-state index in [1.165, 1.54) is 30.6 Å². The molecule has 132 valence electrons. The van der Waals surface area contributed by atoms with E-state index in [1.54, 1.807) is 0 Å². The summed E-state index contributed by atoms with van der Waals surface area (Å²) in [4.78, 5) is 23.1. The Labute approximate surface area is 139 Å². The molecule has 0 saturated carbocycles. The molecule has 7 nitrogen and oxygen atoms in total. The summed E-state index contributed by atoms with van der Waals surface area (Å²) in [5, 5.41) is 18.6. The second-order valence-electron chi connectivity index (χ2n) is 4.87. The molecule has 0 radical (unpaired) electrons. The van der Waals surface area contributed by atoms with Crippen molar-refractivity contribution in [3.63, 3.8) is 0 Å². The van der Waals surface area contributed by atoms with E-state index in [-0.39, 0.29) is 5.56 Å². The monoisotopic (exact) mass is 355 g/mol. The predicted molar refractivity (Wildman–Crippen MR) is 77.6 cm³/mol. The highest BCUT2D eigenvalue weighted by atomic mass is 19.4. The van der Waals surface area contributed by atoms with Gasteiger partial charge in [0, 0.05) is 0 Å². The molecule has 1 unspecified atom stereocenters. The molecule has 1 aromatic heterocycles. The lowest BCUT2D eigenvalue weighted by atomic mass is 10.0. The van der Waals surface area contributed by atoms with Gasteiger partial charge in [0.05, 0.1) is 30.4 Å². The Morgan fingerprint density at radius 2 is 1.84 bits per heavy atom. The van der Waals surface area contributed by atoms with E-state index < -0.39 is 36.5 Å². The molecule has 1 atom stereocenters. The first-order valence-electron chi connectivity index (χ1n) is 6.89. The first-order valence-corrected chi connectivity index (χ1v) is 6.89. The molecule has 1 aromatic carbocycles. The average molecular weight is 355 g/mol. The highest BCUT2D eigenvalue weighted by molar-refractivity contribution is 5.94. The number of carbonyl (C=O) groups excluding carboxylic acids is 1. The largest absolute Gasteiger partial charge is 0.573 e. The first-order chi connectivity index (χ1) is 11.7. The van der Waals surface area contributed by atoms with E-state index in [2.05, 4.69) is 20.3 Å². The smallest absolute Gasteiger partial charge is 0.481 e. The predicted octanol–water partition coefficient (Wildman–Crippen LogP) is 2.32. The number of amides is 1. The molecule has 0 aliphatic carbocycles. The van der Waals surface area contributed by atoms with Crippen LogP contribution in [0.25, 0.3) is 0 Å². The third-order valence-corrected chi connectivity index (χ3v) is 3.05. The van der Waals surface area contributed by atoms with Crippen LogP contribution in [0, 0.1) is 0 Å². The molecule has 2 rings (SSSR count). The SMILES string of the molecule is O=C(O)CC(NC(=O)c1ccnnc1)c1ccc(OC(F)(F)F)cc1. The van der Waals surface area contributed by atoms with E-state index in [9.17, 15) is 22.8 Å². The van der Waals surface area contributed by atoms with Crippen molar-refractivity contribution in [3.05, 3.63) is 53.9 Å². The summed E-state index contributed by atoms with van der Waals surface area (Å²) >= 11 is 0. The summed E-state index contributed by atoms with van der Waals surface area (Å²) in [5.74, 6) is -2.22. The van der Waals surface area contributed by atoms with Gasteiger partial charge in [0.25, 0.3) is 5.91 Å². The molecule has 1 heterocycles. The van der Waals surface area contributed by atoms with Crippen LogP contribution >= 0.6 is 0 Å². The van der Waals surface area contributed by atoms with Crippen LogP contribution in [0.4, 0.5) is 13.2 Å². The van der Waals surface area contributed by atoms with Gasteiger partial charge in [0.15, 0.2) is 0 Å². The highest BCUT2D eigenvalue weighted by Crippen LogP contribution is 2.25. The van der Waals surface area contributed by atoms with Crippen LogP contribution in [0.5, 0.6) is 5.75 Å². The zero-order valence-electron chi connectivity index (χ0n) is 12.5. The number of aromatic nitrogens is 2. The standard InChI is InChI=1S/C15H12F3N3O4/c16-15(17,18)25-11-3-1-9(2-4-11)12(7-13(22)23)21-14(24)10-5-6-19-20-8-10/h1-6,8,12H,7H2,(H,21,24)(H,22,23). The van der Waals surface area contributed by atoms with Gasteiger partial charge in [-0.3, -0.25) is 9.59 Å². The maximum atomic E-state index is 12.2. The number of carboxylic acids is 1. The van der Waals surface area contributed by atoms with Crippen LogP contribution in [0.15, 0.2) is 42.7 Å². The van der Waals surface area contributed by atoms with Gasteiger partial charge in [-0.05, 0) is 23.8 Å². The topological polar surface area (TPSA) is 101 Å². The minimum Gasteiger partial charge on any atom is -0.481 e. The second-order valence-corrected chi connectivity index (χ2v) is 4.87. The number of aliphatic carboxylic acids is 1. The van der Waals surface area contributed by atoms with Crippen LogP contribution in [0.2, 0.25) is 0 Å². The van der Waals surface area contributed by atoms with Gasteiger partial charge in [-0.1, -0.05) is 12.1 Å². The molecule has 0 fully saturated rings. The molecular formula is C15H12F3N3O4. The van der Waals surface area contributed by atoms with Gasteiger partial charge in [0.1, 0.15) is 5.75 Å². The number of hydrogen-bond acceptors (Lipinski definition) is 5. The molecule has 0 aliphatic rings. The molecule has 2 aromatic rings. The highest BCUT2D eigenvalue weighted by Gasteiger charge is 2.31. The Morgan fingerprint density at radius 1 is 1.16 bits per heavy atom. The maximum Gasteiger partial charge on any atom is 0.573 e. The molecule has 0 saturated heterocycles. The fraction of sp³-hybridized carbons (Fsp3) is 0.200. The Balaban J connectivity index is 2.16. The van der Waals surface area contributed by atoms with Crippen molar-refractivity contribution < 1.29 is 32.6 Å². The van der Waals surface area contributed by atoms with Gasteiger partial charge in [-0.2, -0.15) is 10.2 Å². The molecule has 0 aliphatic heterocycles. The Kier molecular flexibility index (Phi) is 5.52. The Bertz CT molecular complexity index is 736. The van der Waals surface area contributed by atoms with Gasteiger partial charge < -0.3 is 15.2 Å². The Morgan fingerprint density at radius 3 is 2.36 bits per heavy atom. The third kappa shape index (κ3) is 5.75. The fourth-order valence-corrected chi connectivity index (χ4v) is 2.00. The number of nitrogens with zero attached hydrogens (tertiary/aromatic N) is 2. The number of ether oxygens (including phenoxy) is 1. The van der Waals surface area contributed by atoms with E-state index in [0.717, 1.165) is 12.1 Å². The van der Waals surface area contributed by atoms with Crippen molar-refractivity contribution in [2.45, 2.75) is 18.8 Å². The molecule has 1 amide bonds. The van der Waals surface area contributed by atoms with E-state index in [1.807, 2.05) is 0 Å². The van der Waals surface area contributed by atoms with Crippen molar-refractivity contribution >= 4 is 11.9 Å². The summed E-state index contributed by atoms with van der Waals surface area (Å²) in [7, 11) is 0. The van der Waals surface area contributed by atoms with Crippen molar-refractivity contribution in [1.29, 1.82) is 0 Å². The molecule has 10 heteroatoms. The zero-order valence-corrected chi connectivity index (χ0v) is 12.5. The van der Waals surface area contributed by atoms with Crippen LogP contribution in [0.3, 0.4) is 0 Å². The van der Waals surface area contributed by atoms with Crippen LogP contribution in [-0.2, 0) is 4.79 Å². The zero-order chi connectivity index (χ0) is 18.4. The molecular weight excluding hydrogens is 343 g/mol. The van der Waals surface area contributed by atoms with Gasteiger partial charge in [0.2, 0.25) is 0 Å². The molecule has 2 N–H and O–H groups in total. The molecule has 25 heavy (non-hydrogen) atoms. The van der Waals surface area contributed by atoms with E-state index in [4.69, 9.17) is 5.11 Å². The molecule has 0 spiro atoms. The second kappa shape index (κ2) is 7.60.